The van der Waals surface area contributed by atoms with E-state index in [1.165, 1.54) is 6.07 Å². The van der Waals surface area contributed by atoms with E-state index in [1.54, 1.807) is 12.1 Å². The predicted octanol–water partition coefficient (Wildman–Crippen LogP) is 2.86. The fourth-order valence-corrected chi connectivity index (χ4v) is 3.62. The lowest BCUT2D eigenvalue weighted by molar-refractivity contribution is -0.123. The molecule has 1 fully saturated rings. The molecule has 0 spiro atoms. The minimum atomic E-state index is -0.262. The number of carbonyl (C=O) groups is 1. The highest BCUT2D eigenvalue weighted by Crippen LogP contribution is 2.24. The second-order valence-corrected chi connectivity index (χ2v) is 8.41. The van der Waals surface area contributed by atoms with Crippen LogP contribution in [0.1, 0.15) is 45.6 Å². The molecule has 4 N–H and O–H groups in total. The minimum absolute atomic E-state index is 0. The Labute approximate surface area is 197 Å². The molecule has 2 rings (SSSR count). The molecule has 1 aromatic rings. The molecule has 0 radical (unpaired) electrons. The number of benzene rings is 1. The zero-order chi connectivity index (χ0) is 21.3. The van der Waals surface area contributed by atoms with Crippen LogP contribution in [-0.2, 0) is 10.2 Å². The van der Waals surface area contributed by atoms with Gasteiger partial charge in [-0.15, -0.1) is 24.0 Å². The number of hydrogen-bond donors (Lipinski definition) is 3. The first kappa shape index (κ1) is 26.6. The van der Waals surface area contributed by atoms with Crippen LogP contribution in [0.15, 0.2) is 29.3 Å². The topological polar surface area (TPSA) is 82.8 Å². The van der Waals surface area contributed by atoms with Gasteiger partial charge in [-0.05, 0) is 57.0 Å². The highest BCUT2D eigenvalue weighted by molar-refractivity contribution is 14.0. The lowest BCUT2D eigenvalue weighted by Gasteiger charge is -2.31. The number of hydrogen-bond acceptors (Lipinski definition) is 3. The summed E-state index contributed by atoms with van der Waals surface area (Å²) in [5.74, 6) is 0.349. The maximum Gasteiger partial charge on any atom is 0.221 e. The van der Waals surface area contributed by atoms with Crippen LogP contribution in [0.25, 0.3) is 0 Å². The van der Waals surface area contributed by atoms with Crippen LogP contribution in [0.5, 0.6) is 0 Å². The van der Waals surface area contributed by atoms with Gasteiger partial charge in [0.2, 0.25) is 5.91 Å². The van der Waals surface area contributed by atoms with Gasteiger partial charge in [0, 0.05) is 25.0 Å². The van der Waals surface area contributed by atoms with Gasteiger partial charge in [0.25, 0.3) is 0 Å². The lowest BCUT2D eigenvalue weighted by Crippen LogP contribution is -2.43. The van der Waals surface area contributed by atoms with Crippen molar-refractivity contribution in [3.63, 3.8) is 0 Å². The summed E-state index contributed by atoms with van der Waals surface area (Å²) < 4.78 is 13.6. The van der Waals surface area contributed by atoms with E-state index in [4.69, 9.17) is 10.7 Å². The number of carbonyl (C=O) groups excluding carboxylic acids is 1. The van der Waals surface area contributed by atoms with Crippen LogP contribution in [0.3, 0.4) is 0 Å². The number of primary amides is 1. The molecule has 1 atom stereocenters. The third-order valence-electron chi connectivity index (χ3n) is 5.43. The molecule has 0 saturated carbocycles. The predicted molar refractivity (Wildman–Crippen MR) is 132 cm³/mol. The van der Waals surface area contributed by atoms with Crippen LogP contribution in [0.4, 0.5) is 4.39 Å². The van der Waals surface area contributed by atoms with Gasteiger partial charge >= 0.3 is 0 Å². The third kappa shape index (κ3) is 8.75. The zero-order valence-electron chi connectivity index (χ0n) is 18.4. The molecule has 1 heterocycles. The first-order valence-corrected chi connectivity index (χ1v) is 10.6. The van der Waals surface area contributed by atoms with Crippen molar-refractivity contribution in [3.8, 4) is 0 Å². The van der Waals surface area contributed by atoms with E-state index in [9.17, 15) is 9.18 Å². The number of nitrogens with one attached hydrogen (secondary N) is 2. The minimum Gasteiger partial charge on any atom is -0.369 e. The van der Waals surface area contributed by atoms with Crippen molar-refractivity contribution >= 4 is 35.8 Å². The van der Waals surface area contributed by atoms with Crippen LogP contribution < -0.4 is 16.4 Å². The largest absolute Gasteiger partial charge is 0.369 e. The van der Waals surface area contributed by atoms with Crippen molar-refractivity contribution in [3.05, 3.63) is 35.6 Å². The smallest absolute Gasteiger partial charge is 0.221 e. The molecule has 1 amide bonds. The number of halogens is 2. The summed E-state index contributed by atoms with van der Waals surface area (Å²) in [6, 6.07) is 6.72. The van der Waals surface area contributed by atoms with Gasteiger partial charge in [-0.1, -0.05) is 26.0 Å². The van der Waals surface area contributed by atoms with Gasteiger partial charge in [-0.2, -0.15) is 0 Å². The molecule has 1 aromatic carbocycles. The summed E-state index contributed by atoms with van der Waals surface area (Å²) in [6.45, 7) is 11.0. The van der Waals surface area contributed by atoms with Crippen LogP contribution in [0.2, 0.25) is 0 Å². The van der Waals surface area contributed by atoms with Crippen molar-refractivity contribution in [1.29, 1.82) is 0 Å². The van der Waals surface area contributed by atoms with Crippen LogP contribution in [0, 0.1) is 11.7 Å². The Morgan fingerprint density at radius 1 is 1.37 bits per heavy atom. The van der Waals surface area contributed by atoms with E-state index in [2.05, 4.69) is 29.4 Å². The van der Waals surface area contributed by atoms with Gasteiger partial charge in [0.05, 0.1) is 12.5 Å². The maximum absolute atomic E-state index is 13.6. The molecule has 170 valence electrons. The quantitative estimate of drug-likeness (QED) is 0.197. The van der Waals surface area contributed by atoms with E-state index in [0.717, 1.165) is 63.5 Å². The SMILES string of the molecule is CCNC(=NCC(C)(C)c1cccc(F)c1)NCCCN1CCCC(C(N)=O)C1.I. The maximum atomic E-state index is 13.6. The lowest BCUT2D eigenvalue weighted by atomic mass is 9.85. The number of guanidine groups is 1. The number of nitrogens with zero attached hydrogens (tertiary/aromatic N) is 2. The number of aliphatic imine (C=N–C) groups is 1. The standard InChI is InChI=1S/C22H36FN5O.HI/c1-4-25-21(27-16-22(2,3)18-9-5-10-19(23)14-18)26-11-7-13-28-12-6-8-17(15-28)20(24)29;/h5,9-10,14,17H,4,6-8,11-13,15-16H2,1-3H3,(H2,24,29)(H2,25,26,27);1H. The van der Waals surface area contributed by atoms with Crippen molar-refractivity contribution in [2.24, 2.45) is 16.6 Å². The highest BCUT2D eigenvalue weighted by Gasteiger charge is 2.23. The highest BCUT2D eigenvalue weighted by atomic mass is 127. The average Bonchev–Trinajstić information content (AvgIpc) is 2.69. The fraction of sp³-hybridized carbons (Fsp3) is 0.636. The Bertz CT molecular complexity index is 698. The summed E-state index contributed by atoms with van der Waals surface area (Å²) in [5.41, 5.74) is 6.13. The molecule has 0 aliphatic carbocycles. The van der Waals surface area contributed by atoms with Crippen LogP contribution >= 0.6 is 24.0 Å². The summed E-state index contributed by atoms with van der Waals surface area (Å²) in [7, 11) is 0. The number of rotatable bonds is 9. The summed E-state index contributed by atoms with van der Waals surface area (Å²) in [4.78, 5) is 18.4. The Balaban J connectivity index is 0.00000450. The Morgan fingerprint density at radius 3 is 2.80 bits per heavy atom. The van der Waals surface area contributed by atoms with Crippen molar-refractivity contribution in [1.82, 2.24) is 15.5 Å². The second kappa shape index (κ2) is 13.1. The van der Waals surface area contributed by atoms with Gasteiger partial charge in [0.1, 0.15) is 5.82 Å². The molecule has 1 saturated heterocycles. The van der Waals surface area contributed by atoms with E-state index >= 15 is 0 Å². The first-order valence-electron chi connectivity index (χ1n) is 10.6. The number of nitrogens with two attached hydrogens (primary N) is 1. The Morgan fingerprint density at radius 2 is 2.13 bits per heavy atom. The third-order valence-corrected chi connectivity index (χ3v) is 5.43. The Kier molecular flexibility index (Phi) is 11.6. The molecule has 1 unspecified atom stereocenters. The fourth-order valence-electron chi connectivity index (χ4n) is 3.62. The molecule has 0 bridgehead atoms. The molecule has 30 heavy (non-hydrogen) atoms. The first-order chi connectivity index (χ1) is 13.8. The number of likely N-dealkylation sites (tertiary alicyclic amines) is 1. The average molecular weight is 533 g/mol. The summed E-state index contributed by atoms with van der Waals surface area (Å²) in [6.07, 6.45) is 2.89. The van der Waals surface area contributed by atoms with Crippen molar-refractivity contribution in [2.45, 2.75) is 45.4 Å². The molecule has 1 aliphatic heterocycles. The second-order valence-electron chi connectivity index (χ2n) is 8.41. The molecule has 6 nitrogen and oxygen atoms in total. The number of amides is 1. The van der Waals surface area contributed by atoms with Gasteiger partial charge in [0.15, 0.2) is 5.96 Å². The van der Waals surface area contributed by atoms with E-state index in [-0.39, 0.29) is 47.0 Å². The molecule has 8 heteroatoms. The summed E-state index contributed by atoms with van der Waals surface area (Å²) in [5, 5.41) is 6.64. The van der Waals surface area contributed by atoms with Crippen LogP contribution in [-0.4, -0.2) is 56.0 Å². The van der Waals surface area contributed by atoms with E-state index < -0.39 is 0 Å². The Hall–Kier alpha value is -1.42. The monoisotopic (exact) mass is 533 g/mol. The van der Waals surface area contributed by atoms with Crippen molar-refractivity contribution < 1.29 is 9.18 Å². The van der Waals surface area contributed by atoms with Gasteiger partial charge in [-0.25, -0.2) is 4.39 Å². The number of piperidine rings is 1. The normalized spacial score (nSPS) is 17.9. The van der Waals surface area contributed by atoms with Gasteiger partial charge < -0.3 is 21.3 Å². The van der Waals surface area contributed by atoms with E-state index in [1.807, 2.05) is 13.0 Å². The molecular weight excluding hydrogens is 496 g/mol. The molecular formula is C22H37FIN5O. The van der Waals surface area contributed by atoms with E-state index in [0.29, 0.717) is 6.54 Å². The van der Waals surface area contributed by atoms with Crippen molar-refractivity contribution in [2.75, 3.05) is 39.3 Å². The summed E-state index contributed by atoms with van der Waals surface area (Å²) >= 11 is 0. The molecule has 0 aromatic heterocycles. The molecule has 1 aliphatic rings. The van der Waals surface area contributed by atoms with Gasteiger partial charge in [-0.3, -0.25) is 9.79 Å². The zero-order valence-corrected chi connectivity index (χ0v) is 20.7.